The van der Waals surface area contributed by atoms with Crippen molar-refractivity contribution >= 4 is 22.1 Å². The number of rotatable bonds is 14. The van der Waals surface area contributed by atoms with Gasteiger partial charge in [-0.1, -0.05) is 0 Å². The van der Waals surface area contributed by atoms with Crippen molar-refractivity contribution in [3.05, 3.63) is 18.3 Å². The van der Waals surface area contributed by atoms with Crippen LogP contribution in [0.5, 0.6) is 5.75 Å². The van der Waals surface area contributed by atoms with Crippen LogP contribution in [0, 0.1) is 0 Å². The second-order valence-electron chi connectivity index (χ2n) is 6.81. The van der Waals surface area contributed by atoms with Crippen LogP contribution < -0.4 is 8.45 Å². The molecule has 3 nitrogen and oxygen atoms in total. The Morgan fingerprint density at radius 1 is 0.875 bits per heavy atom. The Bertz CT molecular complexity index is 400. The molecule has 1 rings (SSSR count). The molecule has 0 aliphatic rings. The molecular formula is C20H37NO2Sn. The van der Waals surface area contributed by atoms with E-state index in [0.717, 1.165) is 5.75 Å². The summed E-state index contributed by atoms with van der Waals surface area (Å²) in [6.45, 7) is 8.16. The molecule has 0 saturated heterocycles. The first kappa shape index (κ1) is 21.8. The van der Waals surface area contributed by atoms with Gasteiger partial charge >= 0.3 is 154 Å². The molecule has 0 radical (unpaired) electrons. The maximum absolute atomic E-state index is 5.69. The van der Waals surface area contributed by atoms with E-state index in [4.69, 9.17) is 14.5 Å². The minimum absolute atomic E-state index is 0.591. The molecule has 0 bridgehead atoms. The zero-order valence-electron chi connectivity index (χ0n) is 16.3. The van der Waals surface area contributed by atoms with Crippen LogP contribution in [-0.4, -0.2) is 43.7 Å². The number of nitrogens with zero attached hydrogens (tertiary/aromatic N) is 1. The van der Waals surface area contributed by atoms with Crippen molar-refractivity contribution in [2.75, 3.05) is 20.3 Å². The fourth-order valence-corrected chi connectivity index (χ4v) is 18.7. The summed E-state index contributed by atoms with van der Waals surface area (Å²) in [5.74, 6) is 0.873. The SMILES string of the molecule is CCC[CH2][Sn]([CH2]CCC)([CH2]CCC)[c]1ccc(OCCOC)cn1. The second-order valence-corrected chi connectivity index (χ2v) is 19.9. The number of unbranched alkanes of at least 4 members (excludes halogenated alkanes) is 3. The summed E-state index contributed by atoms with van der Waals surface area (Å²) in [4.78, 5) is 4.92. The van der Waals surface area contributed by atoms with Crippen LogP contribution in [0.1, 0.15) is 59.3 Å². The Morgan fingerprint density at radius 3 is 1.88 bits per heavy atom. The summed E-state index contributed by atoms with van der Waals surface area (Å²) in [5.41, 5.74) is 0. The van der Waals surface area contributed by atoms with Crippen molar-refractivity contribution in [2.45, 2.75) is 72.6 Å². The number of hydrogen-bond acceptors (Lipinski definition) is 3. The van der Waals surface area contributed by atoms with Gasteiger partial charge in [0.15, 0.2) is 0 Å². The van der Waals surface area contributed by atoms with E-state index in [9.17, 15) is 0 Å². The van der Waals surface area contributed by atoms with Crippen molar-refractivity contribution in [1.82, 2.24) is 4.98 Å². The van der Waals surface area contributed by atoms with Gasteiger partial charge in [0.05, 0.1) is 0 Å². The molecule has 0 saturated carbocycles. The van der Waals surface area contributed by atoms with Crippen molar-refractivity contribution in [3.8, 4) is 5.75 Å². The molecule has 0 aliphatic carbocycles. The first-order valence-corrected chi connectivity index (χ1v) is 17.3. The summed E-state index contributed by atoms with van der Waals surface area (Å²) >= 11 is -2.37. The average molecular weight is 442 g/mol. The topological polar surface area (TPSA) is 31.4 Å². The third-order valence-electron chi connectivity index (χ3n) is 4.86. The van der Waals surface area contributed by atoms with Gasteiger partial charge < -0.3 is 0 Å². The van der Waals surface area contributed by atoms with Crippen LogP contribution in [0.4, 0.5) is 0 Å². The van der Waals surface area contributed by atoms with E-state index < -0.39 is 18.4 Å². The van der Waals surface area contributed by atoms with Crippen molar-refractivity contribution < 1.29 is 9.47 Å². The second kappa shape index (κ2) is 13.0. The summed E-state index contributed by atoms with van der Waals surface area (Å²) in [6, 6.07) is 4.42. The Kier molecular flexibility index (Phi) is 11.8. The van der Waals surface area contributed by atoms with Crippen LogP contribution in [0.25, 0.3) is 0 Å². The van der Waals surface area contributed by atoms with Crippen LogP contribution >= 0.6 is 0 Å². The first-order chi connectivity index (χ1) is 11.7. The Hall–Kier alpha value is -0.291. The molecule has 0 spiro atoms. The fourth-order valence-electron chi connectivity index (χ4n) is 3.33. The number of methoxy groups -OCH3 is 1. The molecule has 138 valence electrons. The zero-order chi connectivity index (χ0) is 17.7. The van der Waals surface area contributed by atoms with E-state index in [2.05, 4.69) is 32.9 Å². The molecule has 1 aromatic heterocycles. The van der Waals surface area contributed by atoms with Crippen LogP contribution in [-0.2, 0) is 4.74 Å². The predicted octanol–water partition coefficient (Wildman–Crippen LogP) is 5.16. The van der Waals surface area contributed by atoms with Gasteiger partial charge in [0.25, 0.3) is 0 Å². The number of pyridine rings is 1. The minimum atomic E-state index is -2.37. The zero-order valence-corrected chi connectivity index (χ0v) is 19.1. The van der Waals surface area contributed by atoms with E-state index in [0.29, 0.717) is 13.2 Å². The van der Waals surface area contributed by atoms with Gasteiger partial charge in [-0.25, -0.2) is 0 Å². The molecule has 0 unspecified atom stereocenters. The van der Waals surface area contributed by atoms with E-state index in [-0.39, 0.29) is 0 Å². The van der Waals surface area contributed by atoms with E-state index in [1.165, 1.54) is 55.5 Å². The third-order valence-corrected chi connectivity index (χ3v) is 20.0. The maximum atomic E-state index is 5.69. The van der Waals surface area contributed by atoms with E-state index in [1.807, 2.05) is 6.20 Å². The summed E-state index contributed by atoms with van der Waals surface area (Å²) in [6.07, 6.45) is 9.96. The standard InChI is InChI=1S/C8H10NO2.3C4H9.Sn/c1-10-5-6-11-8-3-2-4-9-7-8;3*1-3-4-2;/h2-3,7H,5-6H2,1H3;3*1,3-4H2,2H3;. The molecule has 0 aliphatic heterocycles. The molecule has 0 fully saturated rings. The number of aromatic nitrogens is 1. The van der Waals surface area contributed by atoms with Crippen molar-refractivity contribution in [2.24, 2.45) is 0 Å². The summed E-state index contributed by atoms with van der Waals surface area (Å²) in [7, 11) is 1.70. The normalized spacial score (nSPS) is 11.7. The number of hydrogen-bond donors (Lipinski definition) is 0. The molecule has 0 N–H and O–H groups in total. The molecule has 0 aromatic carbocycles. The molecule has 1 aromatic rings. The molecular weight excluding hydrogens is 405 g/mol. The van der Waals surface area contributed by atoms with Crippen LogP contribution in [0.2, 0.25) is 13.3 Å². The summed E-state index contributed by atoms with van der Waals surface area (Å²) < 4.78 is 16.6. The molecule has 4 heteroatoms. The molecule has 24 heavy (non-hydrogen) atoms. The Morgan fingerprint density at radius 2 is 1.46 bits per heavy atom. The third kappa shape index (κ3) is 7.30. The van der Waals surface area contributed by atoms with Crippen molar-refractivity contribution in [3.63, 3.8) is 0 Å². The van der Waals surface area contributed by atoms with Gasteiger partial charge in [0.1, 0.15) is 0 Å². The monoisotopic (exact) mass is 443 g/mol. The average Bonchev–Trinajstić information content (AvgIpc) is 2.62. The van der Waals surface area contributed by atoms with Crippen LogP contribution in [0.15, 0.2) is 18.3 Å². The molecule has 0 atom stereocenters. The van der Waals surface area contributed by atoms with E-state index >= 15 is 0 Å². The van der Waals surface area contributed by atoms with Gasteiger partial charge in [0, 0.05) is 0 Å². The van der Waals surface area contributed by atoms with Gasteiger partial charge in [-0.3, -0.25) is 0 Å². The van der Waals surface area contributed by atoms with Crippen molar-refractivity contribution in [1.29, 1.82) is 0 Å². The number of ether oxygens (including phenoxy) is 2. The van der Waals surface area contributed by atoms with Gasteiger partial charge in [-0.05, 0) is 0 Å². The first-order valence-electron chi connectivity index (χ1n) is 9.80. The summed E-state index contributed by atoms with van der Waals surface area (Å²) in [5, 5.41) is 0. The fraction of sp³-hybridized carbons (Fsp3) is 0.750. The van der Waals surface area contributed by atoms with Gasteiger partial charge in [-0.2, -0.15) is 0 Å². The predicted molar refractivity (Wildman–Crippen MR) is 106 cm³/mol. The molecule has 1 heterocycles. The Balaban J connectivity index is 2.92. The van der Waals surface area contributed by atoms with E-state index in [1.54, 1.807) is 7.11 Å². The van der Waals surface area contributed by atoms with Gasteiger partial charge in [0.2, 0.25) is 0 Å². The van der Waals surface area contributed by atoms with Crippen LogP contribution in [0.3, 0.4) is 0 Å². The molecule has 0 amide bonds. The quantitative estimate of drug-likeness (QED) is 0.295. The Labute approximate surface area is 153 Å². The van der Waals surface area contributed by atoms with Gasteiger partial charge in [-0.15, -0.1) is 0 Å².